The van der Waals surface area contributed by atoms with Gasteiger partial charge in [-0.3, -0.25) is 4.79 Å². The molecule has 2 heterocycles. The number of ether oxygens (including phenoxy) is 6. The Morgan fingerprint density at radius 1 is 0.466 bits per heavy atom. The van der Waals surface area contributed by atoms with Gasteiger partial charge in [-0.15, -0.1) is 0 Å². The summed E-state index contributed by atoms with van der Waals surface area (Å²) in [5.74, 6) is -0.388. The van der Waals surface area contributed by atoms with Crippen LogP contribution in [0.4, 0.5) is 0 Å². The van der Waals surface area contributed by atoms with Crippen molar-refractivity contribution in [2.75, 3.05) is 33.0 Å². The zero-order valence-electron chi connectivity index (χ0n) is 45.1. The molecule has 2 fully saturated rings. The lowest BCUT2D eigenvalue weighted by atomic mass is 9.98. The lowest BCUT2D eigenvalue weighted by Crippen LogP contribution is -2.61. The second kappa shape index (κ2) is 45.6. The maximum atomic E-state index is 13.1. The van der Waals surface area contributed by atoms with Crippen molar-refractivity contribution in [2.45, 2.75) is 261 Å². The molecule has 0 aliphatic carbocycles. The molecule has 0 aromatic carbocycles. The Labute approximate surface area is 440 Å². The summed E-state index contributed by atoms with van der Waals surface area (Å²) < 4.78 is 34.4. The molecule has 11 unspecified atom stereocenters. The second-order valence-electron chi connectivity index (χ2n) is 19.7. The number of hydrogen-bond donors (Lipinski definition) is 7. The molecule has 0 saturated carbocycles. The summed E-state index contributed by atoms with van der Waals surface area (Å²) in [5, 5.41) is 72.3. The van der Waals surface area contributed by atoms with E-state index in [-0.39, 0.29) is 25.6 Å². The number of aliphatic hydroxyl groups excluding tert-OH is 7. The maximum Gasteiger partial charge on any atom is 0.306 e. The van der Waals surface area contributed by atoms with E-state index < -0.39 is 80.7 Å². The number of unbranched alkanes of at least 4 members (excludes halogenated alkanes) is 19. The van der Waals surface area contributed by atoms with Crippen LogP contribution < -0.4 is 0 Å². The van der Waals surface area contributed by atoms with Crippen molar-refractivity contribution in [1.82, 2.24) is 0 Å². The first-order valence-corrected chi connectivity index (χ1v) is 28.5. The van der Waals surface area contributed by atoms with Gasteiger partial charge in [-0.05, 0) is 83.5 Å². The van der Waals surface area contributed by atoms with Crippen molar-refractivity contribution in [2.24, 2.45) is 0 Å². The predicted molar refractivity (Wildman–Crippen MR) is 289 cm³/mol. The normalized spacial score (nSPS) is 25.5. The molecule has 2 aliphatic heterocycles. The molecule has 422 valence electrons. The average Bonchev–Trinajstić information content (AvgIpc) is 3.39. The largest absolute Gasteiger partial charge is 0.457 e. The van der Waals surface area contributed by atoms with Gasteiger partial charge in [0.1, 0.15) is 54.9 Å². The van der Waals surface area contributed by atoms with E-state index in [9.17, 15) is 40.5 Å². The van der Waals surface area contributed by atoms with Gasteiger partial charge in [-0.2, -0.15) is 0 Å². The van der Waals surface area contributed by atoms with E-state index in [1.165, 1.54) is 83.5 Å². The maximum absolute atomic E-state index is 13.1. The minimum absolute atomic E-state index is 0.0509. The first-order valence-electron chi connectivity index (χ1n) is 28.5. The Hall–Kier alpha value is -2.57. The minimum atomic E-state index is -1.71. The molecule has 2 saturated heterocycles. The molecule has 73 heavy (non-hydrogen) atoms. The first kappa shape index (κ1) is 66.5. The van der Waals surface area contributed by atoms with Crippen molar-refractivity contribution >= 4 is 5.97 Å². The molecule has 0 amide bonds. The second-order valence-corrected chi connectivity index (χ2v) is 19.7. The molecule has 11 atom stereocenters. The lowest BCUT2D eigenvalue weighted by Gasteiger charge is -2.42. The first-order chi connectivity index (χ1) is 35.6. The number of carbonyl (C=O) groups excluding carboxylic acids is 1. The highest BCUT2D eigenvalue weighted by atomic mass is 16.7. The SMILES string of the molecule is CC/C=C\C/C=C\C/C=C\C/C=C\CCCCCCCCCCC(=O)OC(COCCCCCCCCCC/C=C\C/C=C\CCCCC)COC1OC(COC2OC(CO)C(O)C(O)C2O)C(O)C(O)C1O. The van der Waals surface area contributed by atoms with Crippen LogP contribution in [-0.2, 0) is 33.2 Å². The van der Waals surface area contributed by atoms with Crippen molar-refractivity contribution < 1.29 is 69.0 Å². The van der Waals surface area contributed by atoms with Gasteiger partial charge >= 0.3 is 5.97 Å². The van der Waals surface area contributed by atoms with Crippen molar-refractivity contribution in [3.8, 4) is 0 Å². The highest BCUT2D eigenvalue weighted by molar-refractivity contribution is 5.69. The van der Waals surface area contributed by atoms with Crippen LogP contribution in [0.15, 0.2) is 72.9 Å². The summed E-state index contributed by atoms with van der Waals surface area (Å²) >= 11 is 0. The van der Waals surface area contributed by atoms with Crippen LogP contribution in [0.1, 0.15) is 194 Å². The van der Waals surface area contributed by atoms with Gasteiger partial charge in [0.15, 0.2) is 12.6 Å². The van der Waals surface area contributed by atoms with Gasteiger partial charge in [0.05, 0.1) is 26.4 Å². The van der Waals surface area contributed by atoms with Crippen LogP contribution in [0.25, 0.3) is 0 Å². The average molecular weight is 1040 g/mol. The summed E-state index contributed by atoms with van der Waals surface area (Å²) in [5.41, 5.74) is 0. The zero-order chi connectivity index (χ0) is 53.0. The van der Waals surface area contributed by atoms with E-state index in [1.54, 1.807) is 0 Å². The topological polar surface area (TPSA) is 214 Å². The molecule has 0 aromatic rings. The summed E-state index contributed by atoms with van der Waals surface area (Å²) in [6, 6.07) is 0. The summed E-state index contributed by atoms with van der Waals surface area (Å²) in [4.78, 5) is 13.1. The van der Waals surface area contributed by atoms with Crippen LogP contribution in [0.3, 0.4) is 0 Å². The number of allylic oxidation sites excluding steroid dienone is 12. The summed E-state index contributed by atoms with van der Waals surface area (Å²) in [6.07, 6.45) is 40.9. The van der Waals surface area contributed by atoms with Crippen molar-refractivity contribution in [3.05, 3.63) is 72.9 Å². The van der Waals surface area contributed by atoms with E-state index in [0.717, 1.165) is 83.5 Å². The number of carbonyl (C=O) groups is 1. The van der Waals surface area contributed by atoms with Crippen LogP contribution in [0.2, 0.25) is 0 Å². The number of rotatable bonds is 45. The third-order valence-corrected chi connectivity index (χ3v) is 13.2. The van der Waals surface area contributed by atoms with E-state index in [1.807, 2.05) is 0 Å². The molecule has 0 spiro atoms. The van der Waals surface area contributed by atoms with E-state index in [0.29, 0.717) is 13.0 Å². The smallest absolute Gasteiger partial charge is 0.306 e. The fourth-order valence-electron chi connectivity index (χ4n) is 8.60. The quantitative estimate of drug-likeness (QED) is 0.0172. The molecule has 14 nitrogen and oxygen atoms in total. The van der Waals surface area contributed by atoms with Gasteiger partial charge < -0.3 is 64.2 Å². The molecular formula is C59H102O14. The Morgan fingerprint density at radius 2 is 0.890 bits per heavy atom. The minimum Gasteiger partial charge on any atom is -0.457 e. The third-order valence-electron chi connectivity index (χ3n) is 13.2. The fraction of sp³-hybridized carbons (Fsp3) is 0.780. The highest BCUT2D eigenvalue weighted by Gasteiger charge is 2.47. The number of aliphatic hydroxyl groups is 7. The monoisotopic (exact) mass is 1030 g/mol. The van der Waals surface area contributed by atoms with Crippen LogP contribution >= 0.6 is 0 Å². The highest BCUT2D eigenvalue weighted by Crippen LogP contribution is 2.26. The van der Waals surface area contributed by atoms with Gasteiger partial charge in [-0.25, -0.2) is 0 Å². The van der Waals surface area contributed by atoms with Crippen LogP contribution in [-0.4, -0.2) is 142 Å². The molecule has 0 aromatic heterocycles. The van der Waals surface area contributed by atoms with Crippen molar-refractivity contribution in [3.63, 3.8) is 0 Å². The zero-order valence-corrected chi connectivity index (χ0v) is 45.1. The molecular weight excluding hydrogens is 933 g/mol. The van der Waals surface area contributed by atoms with Crippen LogP contribution in [0.5, 0.6) is 0 Å². The fourth-order valence-corrected chi connectivity index (χ4v) is 8.60. The summed E-state index contributed by atoms with van der Waals surface area (Å²) in [6.45, 7) is 3.53. The Kier molecular flexibility index (Phi) is 41.6. The van der Waals surface area contributed by atoms with Gasteiger partial charge in [0, 0.05) is 13.0 Å². The van der Waals surface area contributed by atoms with E-state index >= 15 is 0 Å². The van der Waals surface area contributed by atoms with Gasteiger partial charge in [-0.1, -0.05) is 177 Å². The Morgan fingerprint density at radius 3 is 1.40 bits per heavy atom. The number of esters is 1. The molecule has 14 heteroatoms. The van der Waals surface area contributed by atoms with Gasteiger partial charge in [0.25, 0.3) is 0 Å². The molecule has 2 aliphatic rings. The number of hydrogen-bond acceptors (Lipinski definition) is 14. The lowest BCUT2D eigenvalue weighted by molar-refractivity contribution is -0.332. The van der Waals surface area contributed by atoms with Crippen molar-refractivity contribution in [1.29, 1.82) is 0 Å². The predicted octanol–water partition coefficient (Wildman–Crippen LogP) is 9.86. The molecule has 2 rings (SSSR count). The van der Waals surface area contributed by atoms with Crippen LogP contribution in [0, 0.1) is 0 Å². The summed E-state index contributed by atoms with van der Waals surface area (Å²) in [7, 11) is 0. The Balaban J connectivity index is 1.73. The van der Waals surface area contributed by atoms with E-state index in [4.69, 9.17) is 28.4 Å². The third kappa shape index (κ3) is 32.6. The van der Waals surface area contributed by atoms with Gasteiger partial charge in [0.2, 0.25) is 0 Å². The molecule has 0 radical (unpaired) electrons. The molecule has 0 bridgehead atoms. The van der Waals surface area contributed by atoms with E-state index in [2.05, 4.69) is 86.8 Å². The standard InChI is InChI=1S/C59H102O14/c1-3-5-7-9-11-13-15-17-19-21-23-24-25-26-28-30-32-34-36-38-40-42-51(61)71-48(45-68-43-41-39-37-35-33-31-29-27-22-20-18-16-14-12-10-8-6-4-2)46-69-58-57(67)55(65)53(63)50(73-58)47-70-59-56(66)54(64)52(62)49(44-60)72-59/h5,7,11-14,17-20,23-24,48-50,52-60,62-67H,3-4,6,8-10,15-16,21-22,25-47H2,1-2H3/b7-5-,13-11-,14-12-,19-17-,20-18-,24-23-. The molecule has 7 N–H and O–H groups in total. The Bertz CT molecular complexity index is 1480.